The zero-order chi connectivity index (χ0) is 13.1. The van der Waals surface area contributed by atoms with Crippen LogP contribution in [0.25, 0.3) is 0 Å². The number of rotatable bonds is 3. The summed E-state index contributed by atoms with van der Waals surface area (Å²) in [7, 11) is 0. The molecule has 2 unspecified atom stereocenters. The summed E-state index contributed by atoms with van der Waals surface area (Å²) in [6, 6.07) is 8.73. The third-order valence-corrected chi connectivity index (χ3v) is 4.52. The molecule has 0 aliphatic carbocycles. The smallest absolute Gasteiger partial charge is 0.221 e. The fraction of sp³-hybridized carbons (Fsp3) is 0.500. The van der Waals surface area contributed by atoms with E-state index in [4.69, 9.17) is 5.73 Å². The van der Waals surface area contributed by atoms with Crippen molar-refractivity contribution in [2.24, 2.45) is 11.7 Å². The van der Waals surface area contributed by atoms with Crippen LogP contribution >= 0.6 is 15.9 Å². The van der Waals surface area contributed by atoms with Crippen molar-refractivity contribution in [1.29, 1.82) is 0 Å². The molecule has 1 aromatic rings. The molecular weight excluding hydrogens is 292 g/mol. The van der Waals surface area contributed by atoms with Crippen LogP contribution in [0, 0.1) is 5.92 Å². The summed E-state index contributed by atoms with van der Waals surface area (Å²) in [5.41, 5.74) is 6.68. The Morgan fingerprint density at radius 1 is 1.44 bits per heavy atom. The summed E-state index contributed by atoms with van der Waals surface area (Å²) in [6.45, 7) is 3.86. The minimum atomic E-state index is -0.168. The molecule has 0 bridgehead atoms. The van der Waals surface area contributed by atoms with Crippen molar-refractivity contribution in [3.8, 4) is 0 Å². The molecule has 1 aliphatic rings. The van der Waals surface area contributed by atoms with Gasteiger partial charge in [-0.05, 0) is 31.4 Å². The van der Waals surface area contributed by atoms with Crippen LogP contribution in [0.2, 0.25) is 0 Å². The van der Waals surface area contributed by atoms with E-state index >= 15 is 0 Å². The molecule has 0 spiro atoms. The van der Waals surface area contributed by atoms with Crippen LogP contribution < -0.4 is 5.73 Å². The van der Waals surface area contributed by atoms with E-state index in [0.717, 1.165) is 30.4 Å². The van der Waals surface area contributed by atoms with Crippen molar-refractivity contribution >= 4 is 21.8 Å². The maximum absolute atomic E-state index is 11.3. The third kappa shape index (κ3) is 3.12. The maximum Gasteiger partial charge on any atom is 0.221 e. The summed E-state index contributed by atoms with van der Waals surface area (Å²) in [5.74, 6) is -0.164. The summed E-state index contributed by atoms with van der Waals surface area (Å²) in [6.07, 6.45) is 1.96. The van der Waals surface area contributed by atoms with Gasteiger partial charge >= 0.3 is 0 Å². The highest BCUT2D eigenvalue weighted by Crippen LogP contribution is 2.25. The predicted molar refractivity (Wildman–Crippen MR) is 75.9 cm³/mol. The summed E-state index contributed by atoms with van der Waals surface area (Å²) in [5, 5.41) is 0. The van der Waals surface area contributed by atoms with Crippen LogP contribution in [0.1, 0.15) is 25.3 Å². The van der Waals surface area contributed by atoms with Gasteiger partial charge in [0, 0.05) is 23.6 Å². The third-order valence-electron chi connectivity index (χ3n) is 3.74. The molecule has 1 heterocycles. The Morgan fingerprint density at radius 3 is 2.83 bits per heavy atom. The number of benzene rings is 1. The van der Waals surface area contributed by atoms with Gasteiger partial charge in [0.15, 0.2) is 0 Å². The van der Waals surface area contributed by atoms with Crippen molar-refractivity contribution < 1.29 is 4.79 Å². The molecule has 98 valence electrons. The van der Waals surface area contributed by atoms with Crippen LogP contribution in [-0.4, -0.2) is 23.4 Å². The average Bonchev–Trinajstić information content (AvgIpc) is 2.34. The lowest BCUT2D eigenvalue weighted by atomic mass is 9.92. The highest BCUT2D eigenvalue weighted by atomic mass is 79.9. The number of primary amides is 1. The number of carbonyl (C=O) groups excluding carboxylic acids is 1. The molecule has 0 saturated carbocycles. The molecule has 0 aromatic heterocycles. The standard InChI is InChI=1S/C14H19BrN2O/c1-10-6-7-12(14(16)18)9-17(10)8-11-4-2-3-5-13(11)15/h2-5,10,12H,6-9H2,1H3,(H2,16,18). The predicted octanol–water partition coefficient (Wildman–Crippen LogP) is 2.53. The van der Waals surface area contributed by atoms with Gasteiger partial charge in [0.1, 0.15) is 0 Å². The largest absolute Gasteiger partial charge is 0.369 e. The van der Waals surface area contributed by atoms with Crippen LogP contribution in [-0.2, 0) is 11.3 Å². The first-order chi connectivity index (χ1) is 8.58. The number of likely N-dealkylation sites (tertiary alicyclic amines) is 1. The van der Waals surface area contributed by atoms with Gasteiger partial charge in [-0.3, -0.25) is 9.69 Å². The lowest BCUT2D eigenvalue weighted by Gasteiger charge is -2.37. The van der Waals surface area contributed by atoms with E-state index in [0.29, 0.717) is 6.04 Å². The van der Waals surface area contributed by atoms with Crippen LogP contribution in [0.4, 0.5) is 0 Å². The van der Waals surface area contributed by atoms with E-state index in [9.17, 15) is 4.79 Å². The highest BCUT2D eigenvalue weighted by molar-refractivity contribution is 9.10. The van der Waals surface area contributed by atoms with Crippen LogP contribution in [0.15, 0.2) is 28.7 Å². The van der Waals surface area contributed by atoms with Gasteiger partial charge in [0.25, 0.3) is 0 Å². The Labute approximate surface area is 116 Å². The lowest BCUT2D eigenvalue weighted by molar-refractivity contribution is -0.124. The van der Waals surface area contributed by atoms with Crippen LogP contribution in [0.3, 0.4) is 0 Å². The minimum absolute atomic E-state index is 0.00341. The maximum atomic E-state index is 11.3. The Morgan fingerprint density at radius 2 is 2.17 bits per heavy atom. The summed E-state index contributed by atoms with van der Waals surface area (Å²) < 4.78 is 1.12. The summed E-state index contributed by atoms with van der Waals surface area (Å²) >= 11 is 3.57. The average molecular weight is 311 g/mol. The van der Waals surface area contributed by atoms with Gasteiger partial charge in [-0.25, -0.2) is 0 Å². The zero-order valence-electron chi connectivity index (χ0n) is 10.6. The SMILES string of the molecule is CC1CCC(C(N)=O)CN1Cc1ccccc1Br. The number of hydrogen-bond donors (Lipinski definition) is 1. The first-order valence-electron chi connectivity index (χ1n) is 6.34. The molecule has 4 heteroatoms. The molecule has 1 saturated heterocycles. The number of hydrogen-bond acceptors (Lipinski definition) is 2. The quantitative estimate of drug-likeness (QED) is 0.932. The molecule has 18 heavy (non-hydrogen) atoms. The van der Waals surface area contributed by atoms with E-state index in [2.05, 4.69) is 39.9 Å². The Kier molecular flexibility index (Phi) is 4.40. The first kappa shape index (κ1) is 13.6. The van der Waals surface area contributed by atoms with E-state index in [1.165, 1.54) is 5.56 Å². The van der Waals surface area contributed by atoms with Gasteiger partial charge in [-0.15, -0.1) is 0 Å². The molecule has 2 atom stereocenters. The van der Waals surface area contributed by atoms with Crippen molar-refractivity contribution in [2.75, 3.05) is 6.54 Å². The molecule has 1 aliphatic heterocycles. The number of nitrogens with zero attached hydrogens (tertiary/aromatic N) is 1. The van der Waals surface area contributed by atoms with Crippen molar-refractivity contribution in [3.05, 3.63) is 34.3 Å². The fourth-order valence-corrected chi connectivity index (χ4v) is 2.89. The second-order valence-electron chi connectivity index (χ2n) is 5.05. The Hall–Kier alpha value is -0.870. The Bertz CT molecular complexity index is 436. The number of amides is 1. The molecule has 2 rings (SSSR count). The monoisotopic (exact) mass is 310 g/mol. The van der Waals surface area contributed by atoms with Gasteiger partial charge in [0.2, 0.25) is 5.91 Å². The lowest BCUT2D eigenvalue weighted by Crippen LogP contribution is -2.45. The second-order valence-corrected chi connectivity index (χ2v) is 5.90. The highest BCUT2D eigenvalue weighted by Gasteiger charge is 2.28. The molecule has 0 radical (unpaired) electrons. The van der Waals surface area contributed by atoms with Gasteiger partial charge in [0.05, 0.1) is 5.92 Å². The van der Waals surface area contributed by atoms with E-state index in [1.807, 2.05) is 12.1 Å². The second kappa shape index (κ2) is 5.85. The van der Waals surface area contributed by atoms with Crippen LogP contribution in [0.5, 0.6) is 0 Å². The number of carbonyl (C=O) groups is 1. The molecular formula is C14H19BrN2O. The number of nitrogens with two attached hydrogens (primary N) is 1. The molecule has 2 N–H and O–H groups in total. The molecule has 1 fully saturated rings. The normalized spacial score (nSPS) is 25.0. The van der Waals surface area contributed by atoms with Gasteiger partial charge in [-0.2, -0.15) is 0 Å². The first-order valence-corrected chi connectivity index (χ1v) is 7.14. The zero-order valence-corrected chi connectivity index (χ0v) is 12.2. The van der Waals surface area contributed by atoms with Crippen molar-refractivity contribution in [2.45, 2.75) is 32.4 Å². The van der Waals surface area contributed by atoms with Gasteiger partial charge in [-0.1, -0.05) is 34.1 Å². The van der Waals surface area contributed by atoms with Crippen molar-refractivity contribution in [3.63, 3.8) is 0 Å². The van der Waals surface area contributed by atoms with Gasteiger partial charge < -0.3 is 5.73 Å². The van der Waals surface area contributed by atoms with E-state index < -0.39 is 0 Å². The number of piperidine rings is 1. The van der Waals surface area contributed by atoms with E-state index in [1.54, 1.807) is 0 Å². The topological polar surface area (TPSA) is 46.3 Å². The molecule has 1 aromatic carbocycles. The minimum Gasteiger partial charge on any atom is -0.369 e. The summed E-state index contributed by atoms with van der Waals surface area (Å²) in [4.78, 5) is 13.7. The number of halogens is 1. The van der Waals surface area contributed by atoms with E-state index in [-0.39, 0.29) is 11.8 Å². The fourth-order valence-electron chi connectivity index (χ4n) is 2.48. The van der Waals surface area contributed by atoms with Crippen molar-refractivity contribution in [1.82, 2.24) is 4.90 Å². The molecule has 3 nitrogen and oxygen atoms in total. The Balaban J connectivity index is 2.07. The molecule has 1 amide bonds.